The summed E-state index contributed by atoms with van der Waals surface area (Å²) in [7, 11) is 0. The Labute approximate surface area is 219 Å². The predicted molar refractivity (Wildman–Crippen MR) is 147 cm³/mol. The van der Waals surface area contributed by atoms with Gasteiger partial charge in [0.25, 0.3) is 11.5 Å². The molecular weight excluding hydrogens is 480 g/mol. The van der Waals surface area contributed by atoms with Crippen LogP contribution in [0.15, 0.2) is 77.5 Å². The lowest BCUT2D eigenvalue weighted by atomic mass is 9.99. The van der Waals surface area contributed by atoms with Crippen LogP contribution in [0.1, 0.15) is 29.3 Å². The third-order valence-corrected chi connectivity index (χ3v) is 7.11. The zero-order valence-electron chi connectivity index (χ0n) is 21.1. The number of benzene rings is 1. The van der Waals surface area contributed by atoms with E-state index < -0.39 is 0 Å². The largest absolute Gasteiger partial charge is 0.390 e. The number of carbonyl (C=O) groups is 1. The fraction of sp³-hybridized carbons (Fsp3) is 0.276. The van der Waals surface area contributed by atoms with Crippen molar-refractivity contribution in [1.29, 1.82) is 0 Å². The molecule has 1 fully saturated rings. The summed E-state index contributed by atoms with van der Waals surface area (Å²) in [6.45, 7) is 4.96. The molecule has 4 N–H and O–H groups in total. The highest BCUT2D eigenvalue weighted by Gasteiger charge is 2.24. The first-order valence-electron chi connectivity index (χ1n) is 12.9. The molecule has 38 heavy (non-hydrogen) atoms. The van der Waals surface area contributed by atoms with Crippen molar-refractivity contribution in [3.8, 4) is 11.3 Å². The second-order valence-corrected chi connectivity index (χ2v) is 10.3. The van der Waals surface area contributed by atoms with E-state index in [0.717, 1.165) is 29.4 Å². The van der Waals surface area contributed by atoms with Crippen LogP contribution >= 0.6 is 0 Å². The molecule has 1 aliphatic heterocycles. The van der Waals surface area contributed by atoms with Crippen LogP contribution in [-0.2, 0) is 13.1 Å². The maximum Gasteiger partial charge on any atom is 0.258 e. The first kappa shape index (κ1) is 24.1. The monoisotopic (exact) mass is 510 g/mol. The van der Waals surface area contributed by atoms with E-state index >= 15 is 0 Å². The molecule has 9 nitrogen and oxygen atoms in total. The van der Waals surface area contributed by atoms with Crippen LogP contribution in [0.25, 0.3) is 22.2 Å². The number of hydrogen-bond acceptors (Lipinski definition) is 5. The van der Waals surface area contributed by atoms with Crippen LogP contribution in [0.3, 0.4) is 0 Å². The van der Waals surface area contributed by atoms with Crippen molar-refractivity contribution in [3.63, 3.8) is 0 Å². The van der Waals surface area contributed by atoms with Crippen molar-refractivity contribution in [1.82, 2.24) is 24.6 Å². The Morgan fingerprint density at radius 1 is 1.21 bits per heavy atom. The van der Waals surface area contributed by atoms with Crippen LogP contribution in [0.2, 0.25) is 0 Å². The molecule has 1 aromatic carbocycles. The van der Waals surface area contributed by atoms with Crippen LogP contribution in [0, 0.1) is 5.92 Å². The number of nitrogens with zero attached hydrogens (tertiary/aromatic N) is 3. The van der Waals surface area contributed by atoms with Crippen molar-refractivity contribution in [2.75, 3.05) is 18.4 Å². The molecule has 0 saturated carbocycles. The lowest BCUT2D eigenvalue weighted by Gasteiger charge is -2.35. The van der Waals surface area contributed by atoms with E-state index in [-0.39, 0.29) is 17.6 Å². The topological polar surface area (TPSA) is 119 Å². The minimum atomic E-state index is -0.298. The van der Waals surface area contributed by atoms with Gasteiger partial charge in [0.2, 0.25) is 0 Å². The number of nitrogens with one attached hydrogen (secondary N) is 3. The Bertz CT molecular complexity index is 1620. The number of aromatic nitrogens is 4. The Hall–Kier alpha value is -4.21. The van der Waals surface area contributed by atoms with E-state index in [4.69, 9.17) is 0 Å². The molecular formula is C29H30N6O3. The molecule has 4 aromatic rings. The summed E-state index contributed by atoms with van der Waals surface area (Å²) in [5, 5.41) is 17.7. The Morgan fingerprint density at radius 2 is 2.08 bits per heavy atom. The first-order chi connectivity index (χ1) is 18.4. The standard InChI is InChI=1S/C29H30N6O3/c1-18-2-4-19(5-3-18)14-35-15-22(11-31-35)28(37)32-23-10-25(29(38)30-12-23)27-9-21-8-20(6-7-26(21)33-27)13-34-16-24(36)17-34/h2,4-12,15,18,24,33,36H,3,13-14,16-17H2,1H3,(H,30,38)(H,32,37). The van der Waals surface area contributed by atoms with Crippen LogP contribution < -0.4 is 10.9 Å². The van der Waals surface area contributed by atoms with Crippen molar-refractivity contribution in [2.45, 2.75) is 32.5 Å². The van der Waals surface area contributed by atoms with Crippen molar-refractivity contribution >= 4 is 22.5 Å². The van der Waals surface area contributed by atoms with Crippen LogP contribution in [0.4, 0.5) is 5.69 Å². The minimum Gasteiger partial charge on any atom is -0.390 e. The van der Waals surface area contributed by atoms with Gasteiger partial charge in [-0.25, -0.2) is 0 Å². The summed E-state index contributed by atoms with van der Waals surface area (Å²) >= 11 is 0. The number of hydrogen-bond donors (Lipinski definition) is 4. The molecule has 3 aromatic heterocycles. The number of pyridine rings is 1. The predicted octanol–water partition coefficient (Wildman–Crippen LogP) is 3.67. The number of likely N-dealkylation sites (tertiary alicyclic amines) is 1. The van der Waals surface area contributed by atoms with Crippen LogP contribution in [-0.4, -0.2) is 54.9 Å². The Morgan fingerprint density at radius 3 is 2.87 bits per heavy atom. The van der Waals surface area contributed by atoms with E-state index in [1.807, 2.05) is 12.1 Å². The third-order valence-electron chi connectivity index (χ3n) is 7.11. The maximum absolute atomic E-state index is 12.9. The second-order valence-electron chi connectivity index (χ2n) is 10.3. The highest BCUT2D eigenvalue weighted by molar-refractivity contribution is 6.04. The zero-order chi connectivity index (χ0) is 26.2. The van der Waals surface area contributed by atoms with Crippen LogP contribution in [0.5, 0.6) is 0 Å². The SMILES string of the molecule is CC1C=CC(Cn2cc(C(=O)Nc3c[nH]c(=O)c(-c4cc5cc(CN6CC(O)C6)ccc5[nH]4)c3)cn2)=CC1. The lowest BCUT2D eigenvalue weighted by molar-refractivity contribution is -0.00284. The number of β-amino-alcohol motifs (C(OH)–C–C–N with tert-alkyl or cyclic N) is 1. The quantitative estimate of drug-likeness (QED) is 0.303. The Balaban J connectivity index is 1.16. The van der Waals surface area contributed by atoms with Gasteiger partial charge in [-0.15, -0.1) is 0 Å². The number of rotatable bonds is 7. The van der Waals surface area contributed by atoms with E-state index in [1.165, 1.54) is 11.8 Å². The number of fused-ring (bicyclic) bond motifs is 1. The fourth-order valence-corrected chi connectivity index (χ4v) is 4.96. The van der Waals surface area contributed by atoms with E-state index in [9.17, 15) is 14.7 Å². The van der Waals surface area contributed by atoms with Gasteiger partial charge in [-0.3, -0.25) is 19.2 Å². The summed E-state index contributed by atoms with van der Waals surface area (Å²) in [6.07, 6.45) is 12.1. The zero-order valence-corrected chi connectivity index (χ0v) is 21.1. The highest BCUT2D eigenvalue weighted by Crippen LogP contribution is 2.26. The number of aliphatic hydroxyl groups excluding tert-OH is 1. The molecule has 9 heteroatoms. The summed E-state index contributed by atoms with van der Waals surface area (Å²) in [4.78, 5) is 33.8. The van der Waals surface area contributed by atoms with Gasteiger partial charge < -0.3 is 20.4 Å². The first-order valence-corrected chi connectivity index (χ1v) is 12.9. The number of anilines is 1. The molecule has 1 atom stereocenters. The summed E-state index contributed by atoms with van der Waals surface area (Å²) in [5.41, 5.74) is 5.03. The number of carbonyl (C=O) groups excluding carboxylic acids is 1. The normalized spacial score (nSPS) is 17.9. The molecule has 6 rings (SSSR count). The van der Waals surface area contributed by atoms with E-state index in [1.54, 1.807) is 23.1 Å². The second kappa shape index (κ2) is 9.92. The van der Waals surface area contributed by atoms with Gasteiger partial charge in [0.1, 0.15) is 0 Å². The van der Waals surface area contributed by atoms with E-state index in [2.05, 4.69) is 62.6 Å². The van der Waals surface area contributed by atoms with Gasteiger partial charge >= 0.3 is 0 Å². The number of amides is 1. The van der Waals surface area contributed by atoms with Gasteiger partial charge in [0.15, 0.2) is 0 Å². The molecule has 2 aliphatic rings. The van der Waals surface area contributed by atoms with Crippen molar-refractivity contribution in [2.24, 2.45) is 5.92 Å². The van der Waals surface area contributed by atoms with Crippen molar-refractivity contribution in [3.05, 3.63) is 94.2 Å². The highest BCUT2D eigenvalue weighted by atomic mass is 16.3. The summed E-state index contributed by atoms with van der Waals surface area (Å²) in [5.74, 6) is 0.251. The van der Waals surface area contributed by atoms with Gasteiger partial charge in [-0.1, -0.05) is 31.2 Å². The molecule has 1 unspecified atom stereocenters. The third kappa shape index (κ3) is 5.11. The van der Waals surface area contributed by atoms with Gasteiger partial charge in [-0.2, -0.15) is 5.10 Å². The molecule has 0 bridgehead atoms. The Kier molecular flexibility index (Phi) is 6.30. The molecule has 0 spiro atoms. The molecule has 194 valence electrons. The molecule has 1 saturated heterocycles. The average molecular weight is 511 g/mol. The smallest absolute Gasteiger partial charge is 0.258 e. The van der Waals surface area contributed by atoms with E-state index in [0.29, 0.717) is 48.1 Å². The maximum atomic E-state index is 12.9. The average Bonchev–Trinajstić information content (AvgIpc) is 3.52. The lowest BCUT2D eigenvalue weighted by Crippen LogP contribution is -2.49. The van der Waals surface area contributed by atoms with Gasteiger partial charge in [-0.05, 0) is 47.7 Å². The number of aliphatic hydroxyl groups is 1. The summed E-state index contributed by atoms with van der Waals surface area (Å²) < 4.78 is 1.75. The number of allylic oxidation sites excluding steroid dienone is 4. The van der Waals surface area contributed by atoms with Gasteiger partial charge in [0.05, 0.1) is 41.4 Å². The van der Waals surface area contributed by atoms with Gasteiger partial charge in [0, 0.05) is 42.9 Å². The molecule has 4 heterocycles. The number of aromatic amines is 2. The number of H-pyrrole nitrogens is 2. The molecule has 1 amide bonds. The molecule has 1 aliphatic carbocycles. The molecule has 0 radical (unpaired) electrons. The fourth-order valence-electron chi connectivity index (χ4n) is 4.96. The van der Waals surface area contributed by atoms with Crippen molar-refractivity contribution < 1.29 is 9.90 Å². The summed E-state index contributed by atoms with van der Waals surface area (Å²) in [6, 6.07) is 9.76. The minimum absolute atomic E-state index is 0.228.